The van der Waals surface area contributed by atoms with E-state index in [4.69, 9.17) is 5.41 Å². The van der Waals surface area contributed by atoms with Gasteiger partial charge in [0.1, 0.15) is 11.6 Å². The maximum absolute atomic E-state index is 13.2. The molecular formula is C13H12FNOS. The van der Waals surface area contributed by atoms with Crippen molar-refractivity contribution in [2.45, 2.75) is 13.8 Å². The molecule has 2 aromatic rings. The highest BCUT2D eigenvalue weighted by Gasteiger charge is 2.13. The van der Waals surface area contributed by atoms with E-state index in [2.05, 4.69) is 0 Å². The van der Waals surface area contributed by atoms with Crippen molar-refractivity contribution in [1.82, 2.24) is 0 Å². The Labute approximate surface area is 103 Å². The fourth-order valence-corrected chi connectivity index (χ4v) is 2.73. The van der Waals surface area contributed by atoms with Crippen molar-refractivity contribution in [2.75, 3.05) is 0 Å². The van der Waals surface area contributed by atoms with Gasteiger partial charge in [0.05, 0.1) is 0 Å². The SMILES string of the molecule is CC(=N)c1cc(C)c(-c2cc(F)ccc2O)s1. The van der Waals surface area contributed by atoms with E-state index in [1.165, 1.54) is 29.5 Å². The summed E-state index contributed by atoms with van der Waals surface area (Å²) in [7, 11) is 0. The number of rotatable bonds is 2. The van der Waals surface area contributed by atoms with Crippen LogP contribution in [0.3, 0.4) is 0 Å². The molecule has 0 radical (unpaired) electrons. The van der Waals surface area contributed by atoms with E-state index in [0.29, 0.717) is 11.3 Å². The van der Waals surface area contributed by atoms with Gasteiger partial charge in [-0.2, -0.15) is 0 Å². The van der Waals surface area contributed by atoms with Crippen LogP contribution in [0.15, 0.2) is 24.3 Å². The molecule has 0 saturated heterocycles. The third-order valence-corrected chi connectivity index (χ3v) is 3.88. The van der Waals surface area contributed by atoms with Crippen molar-refractivity contribution in [3.8, 4) is 16.2 Å². The Kier molecular flexibility index (Phi) is 2.98. The molecule has 0 saturated carbocycles. The summed E-state index contributed by atoms with van der Waals surface area (Å²) >= 11 is 1.39. The Morgan fingerprint density at radius 3 is 2.65 bits per heavy atom. The van der Waals surface area contributed by atoms with Crippen LogP contribution < -0.4 is 0 Å². The molecular weight excluding hydrogens is 237 g/mol. The molecule has 0 atom stereocenters. The number of thiophene rings is 1. The van der Waals surface area contributed by atoms with E-state index in [1.807, 2.05) is 13.0 Å². The van der Waals surface area contributed by atoms with E-state index in [1.54, 1.807) is 6.92 Å². The summed E-state index contributed by atoms with van der Waals surface area (Å²) in [5.41, 5.74) is 1.90. The molecule has 2 rings (SSSR count). The molecule has 0 fully saturated rings. The maximum atomic E-state index is 13.2. The highest BCUT2D eigenvalue weighted by molar-refractivity contribution is 7.17. The summed E-state index contributed by atoms with van der Waals surface area (Å²) in [6.07, 6.45) is 0. The van der Waals surface area contributed by atoms with Gasteiger partial charge in [0.2, 0.25) is 0 Å². The summed E-state index contributed by atoms with van der Waals surface area (Å²) in [5, 5.41) is 17.3. The summed E-state index contributed by atoms with van der Waals surface area (Å²) in [5.74, 6) is -0.316. The van der Waals surface area contributed by atoms with E-state index in [-0.39, 0.29) is 11.6 Å². The number of aryl methyl sites for hydroxylation is 1. The molecule has 0 amide bonds. The predicted molar refractivity (Wildman–Crippen MR) is 68.6 cm³/mol. The van der Waals surface area contributed by atoms with E-state index < -0.39 is 0 Å². The lowest BCUT2D eigenvalue weighted by Gasteiger charge is -2.03. The standard InChI is InChI=1S/C13H12FNOS/c1-7-5-12(8(2)15)17-13(7)10-6-9(14)3-4-11(10)16/h3-6,15-16H,1-2H3. The number of phenolic OH excluding ortho intramolecular Hbond substituents is 1. The van der Waals surface area contributed by atoms with Gasteiger partial charge in [-0.05, 0) is 43.7 Å². The van der Waals surface area contributed by atoms with Gasteiger partial charge in [-0.1, -0.05) is 0 Å². The number of benzene rings is 1. The molecule has 88 valence electrons. The molecule has 1 aromatic heterocycles. The molecule has 0 aliphatic rings. The van der Waals surface area contributed by atoms with E-state index >= 15 is 0 Å². The van der Waals surface area contributed by atoms with Gasteiger partial charge in [0.25, 0.3) is 0 Å². The lowest BCUT2D eigenvalue weighted by atomic mass is 10.1. The molecule has 0 spiro atoms. The number of phenols is 1. The van der Waals surface area contributed by atoms with Gasteiger partial charge in [-0.25, -0.2) is 4.39 Å². The van der Waals surface area contributed by atoms with E-state index in [0.717, 1.165) is 15.3 Å². The van der Waals surface area contributed by atoms with Crippen molar-refractivity contribution in [3.05, 3.63) is 40.5 Å². The lowest BCUT2D eigenvalue weighted by molar-refractivity contribution is 0.475. The number of nitrogens with one attached hydrogen (secondary N) is 1. The van der Waals surface area contributed by atoms with Gasteiger partial charge in [-0.3, -0.25) is 0 Å². The Hall–Kier alpha value is -1.68. The molecule has 1 aromatic carbocycles. The topological polar surface area (TPSA) is 44.1 Å². The van der Waals surface area contributed by atoms with Gasteiger partial charge in [0, 0.05) is 21.0 Å². The first kappa shape index (κ1) is 11.8. The average molecular weight is 249 g/mol. The quantitative estimate of drug-likeness (QED) is 0.777. The Bertz CT molecular complexity index is 589. The Morgan fingerprint density at radius 2 is 2.06 bits per heavy atom. The maximum Gasteiger partial charge on any atom is 0.124 e. The summed E-state index contributed by atoms with van der Waals surface area (Å²) in [6, 6.07) is 5.77. The minimum atomic E-state index is -0.376. The van der Waals surface area contributed by atoms with Crippen LogP contribution in [0.1, 0.15) is 17.4 Å². The largest absolute Gasteiger partial charge is 0.507 e. The average Bonchev–Trinajstić information content (AvgIpc) is 2.64. The number of halogens is 1. The van der Waals surface area contributed by atoms with Crippen LogP contribution in [-0.2, 0) is 0 Å². The van der Waals surface area contributed by atoms with Crippen molar-refractivity contribution >= 4 is 17.0 Å². The molecule has 0 aliphatic heterocycles. The summed E-state index contributed by atoms with van der Waals surface area (Å²) in [6.45, 7) is 3.60. The summed E-state index contributed by atoms with van der Waals surface area (Å²) in [4.78, 5) is 1.64. The van der Waals surface area contributed by atoms with Crippen LogP contribution in [0.4, 0.5) is 4.39 Å². The zero-order chi connectivity index (χ0) is 12.6. The number of aromatic hydroxyl groups is 1. The highest BCUT2D eigenvalue weighted by Crippen LogP contribution is 2.37. The molecule has 2 nitrogen and oxygen atoms in total. The minimum Gasteiger partial charge on any atom is -0.507 e. The number of hydrogen-bond acceptors (Lipinski definition) is 3. The van der Waals surface area contributed by atoms with Gasteiger partial charge >= 0.3 is 0 Å². The zero-order valence-electron chi connectivity index (χ0n) is 9.54. The Balaban J connectivity index is 2.60. The van der Waals surface area contributed by atoms with Crippen LogP contribution in [0.25, 0.3) is 10.4 Å². The van der Waals surface area contributed by atoms with Crippen molar-refractivity contribution < 1.29 is 9.50 Å². The van der Waals surface area contributed by atoms with Crippen molar-refractivity contribution in [3.63, 3.8) is 0 Å². The van der Waals surface area contributed by atoms with Crippen LogP contribution in [-0.4, -0.2) is 10.8 Å². The number of hydrogen-bond donors (Lipinski definition) is 2. The van der Waals surface area contributed by atoms with Gasteiger partial charge in [0.15, 0.2) is 0 Å². The smallest absolute Gasteiger partial charge is 0.124 e. The molecule has 0 bridgehead atoms. The first-order valence-electron chi connectivity index (χ1n) is 5.14. The molecule has 0 aliphatic carbocycles. The molecule has 4 heteroatoms. The second-order valence-electron chi connectivity index (χ2n) is 3.91. The third-order valence-electron chi connectivity index (χ3n) is 2.49. The van der Waals surface area contributed by atoms with Crippen molar-refractivity contribution in [2.24, 2.45) is 0 Å². The minimum absolute atomic E-state index is 0.0607. The third kappa shape index (κ3) is 2.22. The van der Waals surface area contributed by atoms with Gasteiger partial charge < -0.3 is 10.5 Å². The molecule has 2 N–H and O–H groups in total. The molecule has 0 unspecified atom stereocenters. The second kappa shape index (κ2) is 4.30. The van der Waals surface area contributed by atoms with E-state index in [9.17, 15) is 9.50 Å². The van der Waals surface area contributed by atoms with Crippen LogP contribution >= 0.6 is 11.3 Å². The first-order chi connectivity index (χ1) is 7.99. The van der Waals surface area contributed by atoms with Crippen LogP contribution in [0, 0.1) is 18.2 Å². The fourth-order valence-electron chi connectivity index (χ4n) is 1.62. The Morgan fingerprint density at radius 1 is 1.35 bits per heavy atom. The second-order valence-corrected chi connectivity index (χ2v) is 4.96. The first-order valence-corrected chi connectivity index (χ1v) is 5.95. The fraction of sp³-hybridized carbons (Fsp3) is 0.154. The molecule has 1 heterocycles. The summed E-state index contributed by atoms with van der Waals surface area (Å²) < 4.78 is 13.2. The molecule has 17 heavy (non-hydrogen) atoms. The van der Waals surface area contributed by atoms with Crippen LogP contribution in [0.2, 0.25) is 0 Å². The monoisotopic (exact) mass is 249 g/mol. The predicted octanol–water partition coefficient (Wildman–Crippen LogP) is 3.96. The van der Waals surface area contributed by atoms with Crippen LogP contribution in [0.5, 0.6) is 5.75 Å². The lowest BCUT2D eigenvalue weighted by Crippen LogP contribution is -1.83. The van der Waals surface area contributed by atoms with Crippen molar-refractivity contribution in [1.29, 1.82) is 5.41 Å². The van der Waals surface area contributed by atoms with Gasteiger partial charge in [-0.15, -0.1) is 11.3 Å². The highest BCUT2D eigenvalue weighted by atomic mass is 32.1. The zero-order valence-corrected chi connectivity index (χ0v) is 10.4. The normalized spacial score (nSPS) is 10.5.